The van der Waals surface area contributed by atoms with Gasteiger partial charge in [0.05, 0.1) is 19.8 Å². The predicted octanol–water partition coefficient (Wildman–Crippen LogP) is 1.79. The van der Waals surface area contributed by atoms with Crippen LogP contribution in [-0.2, 0) is 0 Å². The quantitative estimate of drug-likeness (QED) is 0.793. The number of ketones is 1. The van der Waals surface area contributed by atoms with Gasteiger partial charge in [-0.2, -0.15) is 0 Å². The van der Waals surface area contributed by atoms with Gasteiger partial charge in [-0.15, -0.1) is 0 Å². The summed E-state index contributed by atoms with van der Waals surface area (Å²) in [5, 5.41) is 0. The molecule has 1 unspecified atom stereocenters. The predicted molar refractivity (Wildman–Crippen MR) is 66.8 cm³/mol. The number of aryl methyl sites for hydroxylation is 1. The molecule has 0 amide bonds. The Balaban J connectivity index is 3.25. The minimum absolute atomic E-state index is 0.0253. The van der Waals surface area contributed by atoms with Crippen LogP contribution >= 0.6 is 0 Å². The van der Waals surface area contributed by atoms with Gasteiger partial charge in [0, 0.05) is 12.5 Å². The van der Waals surface area contributed by atoms with Gasteiger partial charge in [-0.25, -0.2) is 0 Å². The minimum atomic E-state index is -0.226. The van der Waals surface area contributed by atoms with E-state index in [0.717, 1.165) is 5.56 Å². The smallest absolute Gasteiger partial charge is 0.170 e. The van der Waals surface area contributed by atoms with Crippen molar-refractivity contribution in [2.75, 3.05) is 20.8 Å². The van der Waals surface area contributed by atoms with Crippen molar-refractivity contribution < 1.29 is 14.3 Å². The van der Waals surface area contributed by atoms with Crippen LogP contribution in [0.5, 0.6) is 11.5 Å². The van der Waals surface area contributed by atoms with Gasteiger partial charge >= 0.3 is 0 Å². The third kappa shape index (κ3) is 2.77. The molecule has 17 heavy (non-hydrogen) atoms. The van der Waals surface area contributed by atoms with Gasteiger partial charge in [0.15, 0.2) is 5.78 Å². The van der Waals surface area contributed by atoms with Crippen molar-refractivity contribution in [3.8, 4) is 11.5 Å². The first-order valence-corrected chi connectivity index (χ1v) is 5.52. The van der Waals surface area contributed by atoms with Crippen molar-refractivity contribution in [3.63, 3.8) is 0 Å². The molecule has 0 saturated carbocycles. The summed E-state index contributed by atoms with van der Waals surface area (Å²) in [5.74, 6) is 0.992. The summed E-state index contributed by atoms with van der Waals surface area (Å²) < 4.78 is 10.4. The van der Waals surface area contributed by atoms with Gasteiger partial charge in [-0.05, 0) is 24.6 Å². The molecule has 0 aliphatic rings. The number of rotatable bonds is 5. The molecule has 0 radical (unpaired) electrons. The van der Waals surface area contributed by atoms with Gasteiger partial charge in [0.2, 0.25) is 0 Å². The molecular weight excluding hydrogens is 218 g/mol. The summed E-state index contributed by atoms with van der Waals surface area (Å²) in [5.41, 5.74) is 6.96. The average Bonchev–Trinajstić information content (AvgIpc) is 2.36. The zero-order valence-corrected chi connectivity index (χ0v) is 10.7. The highest BCUT2D eigenvalue weighted by molar-refractivity contribution is 6.00. The van der Waals surface area contributed by atoms with Crippen LogP contribution in [0.4, 0.5) is 0 Å². The molecule has 4 nitrogen and oxygen atoms in total. The standard InChI is InChI=1S/C13H19NO3/c1-8-5-12(17-4)10(6-11(8)16-3)13(15)9(2)7-14/h5-6,9H,7,14H2,1-4H3. The average molecular weight is 237 g/mol. The summed E-state index contributed by atoms with van der Waals surface area (Å²) in [6, 6.07) is 3.51. The highest BCUT2D eigenvalue weighted by Crippen LogP contribution is 2.29. The summed E-state index contributed by atoms with van der Waals surface area (Å²) in [7, 11) is 3.13. The van der Waals surface area contributed by atoms with E-state index >= 15 is 0 Å². The number of methoxy groups -OCH3 is 2. The van der Waals surface area contributed by atoms with Crippen LogP contribution in [0.1, 0.15) is 22.8 Å². The third-order valence-corrected chi connectivity index (χ3v) is 2.78. The number of hydrogen-bond acceptors (Lipinski definition) is 4. The van der Waals surface area contributed by atoms with Gasteiger partial charge in [-0.3, -0.25) is 4.79 Å². The molecule has 0 heterocycles. The molecule has 0 fully saturated rings. The molecule has 0 aliphatic carbocycles. The fraction of sp³-hybridized carbons (Fsp3) is 0.462. The van der Waals surface area contributed by atoms with Crippen molar-refractivity contribution in [2.24, 2.45) is 11.7 Å². The van der Waals surface area contributed by atoms with Gasteiger partial charge in [0.25, 0.3) is 0 Å². The summed E-state index contributed by atoms with van der Waals surface area (Å²) in [4.78, 5) is 12.1. The molecule has 1 rings (SSSR count). The number of nitrogens with two attached hydrogens (primary N) is 1. The second-order valence-electron chi connectivity index (χ2n) is 4.02. The first kappa shape index (κ1) is 13.5. The Labute approximate surface area is 102 Å². The maximum Gasteiger partial charge on any atom is 0.170 e. The molecule has 0 aromatic heterocycles. The van der Waals surface area contributed by atoms with Crippen LogP contribution in [0.25, 0.3) is 0 Å². The van der Waals surface area contributed by atoms with Crippen molar-refractivity contribution >= 4 is 5.78 Å². The Bertz CT molecular complexity index is 415. The molecule has 1 aromatic rings. The van der Waals surface area contributed by atoms with E-state index in [1.807, 2.05) is 6.92 Å². The third-order valence-electron chi connectivity index (χ3n) is 2.78. The van der Waals surface area contributed by atoms with E-state index in [2.05, 4.69) is 0 Å². The lowest BCUT2D eigenvalue weighted by atomic mass is 9.97. The minimum Gasteiger partial charge on any atom is -0.496 e. The zero-order chi connectivity index (χ0) is 13.0. The number of carbonyl (C=O) groups excluding carboxylic acids is 1. The number of Topliss-reactive ketones (excluding diaryl/α,β-unsaturated/α-hetero) is 1. The topological polar surface area (TPSA) is 61.5 Å². The highest BCUT2D eigenvalue weighted by Gasteiger charge is 2.19. The lowest BCUT2D eigenvalue weighted by Crippen LogP contribution is -2.21. The van der Waals surface area contributed by atoms with Gasteiger partial charge in [0.1, 0.15) is 11.5 Å². The van der Waals surface area contributed by atoms with E-state index in [1.54, 1.807) is 33.3 Å². The first-order chi connectivity index (χ1) is 8.04. The van der Waals surface area contributed by atoms with Crippen LogP contribution in [-0.4, -0.2) is 26.5 Å². The summed E-state index contributed by atoms with van der Waals surface area (Å²) in [6.07, 6.45) is 0. The molecule has 0 aliphatic heterocycles. The molecule has 94 valence electrons. The van der Waals surface area contributed by atoms with Crippen LogP contribution in [0.2, 0.25) is 0 Å². The highest BCUT2D eigenvalue weighted by atomic mass is 16.5. The number of ether oxygens (including phenoxy) is 2. The Morgan fingerprint density at radius 3 is 2.35 bits per heavy atom. The van der Waals surface area contributed by atoms with E-state index in [0.29, 0.717) is 23.6 Å². The van der Waals surface area contributed by atoms with Crippen LogP contribution in [0, 0.1) is 12.8 Å². The molecule has 2 N–H and O–H groups in total. The number of benzene rings is 1. The van der Waals surface area contributed by atoms with Crippen LogP contribution in [0.3, 0.4) is 0 Å². The molecular formula is C13H19NO3. The maximum atomic E-state index is 12.1. The van der Waals surface area contributed by atoms with E-state index < -0.39 is 0 Å². The monoisotopic (exact) mass is 237 g/mol. The van der Waals surface area contributed by atoms with E-state index in [4.69, 9.17) is 15.2 Å². The number of hydrogen-bond donors (Lipinski definition) is 1. The maximum absolute atomic E-state index is 12.1. The largest absolute Gasteiger partial charge is 0.496 e. The first-order valence-electron chi connectivity index (χ1n) is 5.52. The second kappa shape index (κ2) is 5.68. The Hall–Kier alpha value is -1.55. The van der Waals surface area contributed by atoms with Crippen molar-refractivity contribution in [3.05, 3.63) is 23.3 Å². The normalized spacial score (nSPS) is 12.1. The fourth-order valence-corrected chi connectivity index (χ4v) is 1.62. The second-order valence-corrected chi connectivity index (χ2v) is 4.02. The molecule has 0 spiro atoms. The fourth-order valence-electron chi connectivity index (χ4n) is 1.62. The van der Waals surface area contributed by atoms with Crippen LogP contribution < -0.4 is 15.2 Å². The van der Waals surface area contributed by atoms with E-state index in [9.17, 15) is 4.79 Å². The number of carbonyl (C=O) groups is 1. The zero-order valence-electron chi connectivity index (χ0n) is 10.7. The summed E-state index contributed by atoms with van der Waals surface area (Å²) >= 11 is 0. The Morgan fingerprint density at radius 1 is 1.29 bits per heavy atom. The van der Waals surface area contributed by atoms with E-state index in [-0.39, 0.29) is 11.7 Å². The van der Waals surface area contributed by atoms with E-state index in [1.165, 1.54) is 0 Å². The molecule has 0 saturated heterocycles. The van der Waals surface area contributed by atoms with Gasteiger partial charge < -0.3 is 15.2 Å². The molecule has 1 aromatic carbocycles. The van der Waals surface area contributed by atoms with Crippen molar-refractivity contribution in [2.45, 2.75) is 13.8 Å². The van der Waals surface area contributed by atoms with Crippen molar-refractivity contribution in [1.29, 1.82) is 0 Å². The molecule has 4 heteroatoms. The summed E-state index contributed by atoms with van der Waals surface area (Å²) in [6.45, 7) is 4.02. The van der Waals surface area contributed by atoms with Gasteiger partial charge in [-0.1, -0.05) is 6.92 Å². The lowest BCUT2D eigenvalue weighted by Gasteiger charge is -2.14. The van der Waals surface area contributed by atoms with Crippen molar-refractivity contribution in [1.82, 2.24) is 0 Å². The lowest BCUT2D eigenvalue weighted by molar-refractivity contribution is 0.0931. The Kier molecular flexibility index (Phi) is 4.52. The Morgan fingerprint density at radius 2 is 1.88 bits per heavy atom. The van der Waals surface area contributed by atoms with Crippen LogP contribution in [0.15, 0.2) is 12.1 Å². The molecule has 0 bridgehead atoms. The molecule has 1 atom stereocenters. The SMILES string of the molecule is COc1cc(C(=O)C(C)CN)c(OC)cc1C.